The fourth-order valence-electron chi connectivity index (χ4n) is 4.76. The molecule has 5 atom stereocenters. The van der Waals surface area contributed by atoms with Crippen molar-refractivity contribution < 1.29 is 24.2 Å². The molecular formula is C20H28O5. The Balaban J connectivity index is 1.95. The van der Waals surface area contributed by atoms with Crippen LogP contribution in [-0.2, 0) is 19.1 Å². The summed E-state index contributed by atoms with van der Waals surface area (Å²) in [6.45, 7) is 9.65. The topological polar surface area (TPSA) is 72.8 Å². The van der Waals surface area contributed by atoms with Crippen LogP contribution in [0.25, 0.3) is 0 Å². The SMILES string of the molecule is CC(C)=CC(=O)O[C@H]1CC[C@H](C)[C@@]2(C)CC3=C(C)C(=O)O[C@H]3C[C@@]12O. The highest BCUT2D eigenvalue weighted by Crippen LogP contribution is 2.59. The van der Waals surface area contributed by atoms with E-state index in [9.17, 15) is 14.7 Å². The zero-order valence-electron chi connectivity index (χ0n) is 15.7. The maximum Gasteiger partial charge on any atom is 0.334 e. The number of rotatable bonds is 2. The quantitative estimate of drug-likeness (QED) is 0.613. The molecule has 0 spiro atoms. The van der Waals surface area contributed by atoms with E-state index in [1.165, 1.54) is 6.08 Å². The van der Waals surface area contributed by atoms with Gasteiger partial charge >= 0.3 is 11.9 Å². The second-order valence-electron chi connectivity index (χ2n) is 8.39. The number of carbonyl (C=O) groups excluding carboxylic acids is 2. The molecule has 2 fully saturated rings. The van der Waals surface area contributed by atoms with Crippen LogP contribution >= 0.6 is 0 Å². The van der Waals surface area contributed by atoms with E-state index in [2.05, 4.69) is 13.8 Å². The van der Waals surface area contributed by atoms with E-state index in [-0.39, 0.29) is 11.9 Å². The number of aliphatic hydroxyl groups is 1. The summed E-state index contributed by atoms with van der Waals surface area (Å²) >= 11 is 0. The highest BCUT2D eigenvalue weighted by Gasteiger charge is 2.64. The molecule has 1 N–H and O–H groups in total. The number of fused-ring (bicyclic) bond motifs is 2. The highest BCUT2D eigenvalue weighted by molar-refractivity contribution is 5.91. The Kier molecular flexibility index (Phi) is 4.34. The summed E-state index contributed by atoms with van der Waals surface area (Å²) in [7, 11) is 0. The summed E-state index contributed by atoms with van der Waals surface area (Å²) in [5, 5.41) is 11.7. The molecule has 2 aliphatic carbocycles. The van der Waals surface area contributed by atoms with Crippen LogP contribution < -0.4 is 0 Å². The molecule has 5 heteroatoms. The minimum Gasteiger partial charge on any atom is -0.456 e. The first-order valence-corrected chi connectivity index (χ1v) is 9.07. The van der Waals surface area contributed by atoms with Crippen LogP contribution in [0.4, 0.5) is 0 Å². The van der Waals surface area contributed by atoms with Crippen molar-refractivity contribution in [2.45, 2.75) is 78.1 Å². The Labute approximate surface area is 149 Å². The van der Waals surface area contributed by atoms with Crippen LogP contribution in [0.2, 0.25) is 0 Å². The first-order chi connectivity index (χ1) is 11.6. The zero-order chi connectivity index (χ0) is 18.6. The molecule has 0 aromatic heterocycles. The van der Waals surface area contributed by atoms with Gasteiger partial charge in [-0.05, 0) is 51.5 Å². The van der Waals surface area contributed by atoms with Gasteiger partial charge in [-0.3, -0.25) is 0 Å². The van der Waals surface area contributed by atoms with Crippen molar-refractivity contribution >= 4 is 11.9 Å². The van der Waals surface area contributed by atoms with Crippen molar-refractivity contribution in [2.75, 3.05) is 0 Å². The van der Waals surface area contributed by atoms with Gasteiger partial charge in [0.25, 0.3) is 0 Å². The van der Waals surface area contributed by atoms with Crippen molar-refractivity contribution in [3.8, 4) is 0 Å². The number of esters is 2. The lowest BCUT2D eigenvalue weighted by atomic mass is 9.51. The maximum atomic E-state index is 12.2. The van der Waals surface area contributed by atoms with Crippen LogP contribution in [0.3, 0.4) is 0 Å². The van der Waals surface area contributed by atoms with E-state index in [1.807, 2.05) is 13.8 Å². The molecule has 138 valence electrons. The van der Waals surface area contributed by atoms with E-state index in [0.717, 1.165) is 17.6 Å². The smallest absolute Gasteiger partial charge is 0.334 e. The predicted octanol–water partition coefficient (Wildman–Crippen LogP) is 3.07. The third-order valence-electron chi connectivity index (χ3n) is 6.62. The number of carbonyl (C=O) groups is 2. The van der Waals surface area contributed by atoms with E-state index < -0.39 is 29.2 Å². The van der Waals surface area contributed by atoms with Crippen LogP contribution in [-0.4, -0.2) is 34.9 Å². The molecular weight excluding hydrogens is 320 g/mol. The van der Waals surface area contributed by atoms with Gasteiger partial charge in [0.2, 0.25) is 0 Å². The van der Waals surface area contributed by atoms with E-state index in [1.54, 1.807) is 6.92 Å². The van der Waals surface area contributed by atoms with Crippen LogP contribution in [0.5, 0.6) is 0 Å². The third-order valence-corrected chi connectivity index (χ3v) is 6.62. The summed E-state index contributed by atoms with van der Waals surface area (Å²) < 4.78 is 11.1. The van der Waals surface area contributed by atoms with Gasteiger partial charge < -0.3 is 14.6 Å². The summed E-state index contributed by atoms with van der Waals surface area (Å²) in [6.07, 6.45) is 2.85. The molecule has 0 amide bonds. The number of ether oxygens (including phenoxy) is 2. The van der Waals surface area contributed by atoms with Crippen molar-refractivity contribution in [3.05, 3.63) is 22.8 Å². The average molecular weight is 348 g/mol. The molecule has 0 aromatic rings. The number of allylic oxidation sites excluding steroid dienone is 1. The van der Waals surface area contributed by atoms with Crippen molar-refractivity contribution in [1.29, 1.82) is 0 Å². The van der Waals surface area contributed by atoms with Crippen LogP contribution in [0.15, 0.2) is 22.8 Å². The Hall–Kier alpha value is -1.62. The summed E-state index contributed by atoms with van der Waals surface area (Å²) in [5.74, 6) is -0.458. The van der Waals surface area contributed by atoms with Gasteiger partial charge in [-0.2, -0.15) is 0 Å². The number of hydrogen-bond acceptors (Lipinski definition) is 5. The Morgan fingerprint density at radius 2 is 2.04 bits per heavy atom. The highest BCUT2D eigenvalue weighted by atomic mass is 16.6. The van der Waals surface area contributed by atoms with Crippen LogP contribution in [0, 0.1) is 11.3 Å². The lowest BCUT2D eigenvalue weighted by Gasteiger charge is -2.58. The minimum atomic E-state index is -1.20. The van der Waals surface area contributed by atoms with Gasteiger partial charge in [-0.15, -0.1) is 0 Å². The Bertz CT molecular complexity index is 672. The van der Waals surface area contributed by atoms with Gasteiger partial charge in [-0.25, -0.2) is 9.59 Å². The Morgan fingerprint density at radius 1 is 1.36 bits per heavy atom. The molecule has 0 saturated heterocycles. The van der Waals surface area contributed by atoms with E-state index in [4.69, 9.17) is 9.47 Å². The zero-order valence-corrected chi connectivity index (χ0v) is 15.7. The van der Waals surface area contributed by atoms with Crippen molar-refractivity contribution in [2.24, 2.45) is 11.3 Å². The summed E-state index contributed by atoms with van der Waals surface area (Å²) in [5.41, 5.74) is 0.875. The first kappa shape index (κ1) is 18.2. The van der Waals surface area contributed by atoms with Gasteiger partial charge in [0, 0.05) is 23.5 Å². The molecule has 3 rings (SSSR count). The predicted molar refractivity (Wildman–Crippen MR) is 92.6 cm³/mol. The monoisotopic (exact) mass is 348 g/mol. The lowest BCUT2D eigenvalue weighted by Crippen LogP contribution is -2.65. The first-order valence-electron chi connectivity index (χ1n) is 9.07. The molecule has 0 unspecified atom stereocenters. The van der Waals surface area contributed by atoms with E-state index >= 15 is 0 Å². The maximum absolute atomic E-state index is 12.2. The average Bonchev–Trinajstić information content (AvgIpc) is 2.76. The standard InChI is InChI=1S/C20H28O5/c1-11(2)8-17(21)25-16-7-6-12(3)19(5)9-14-13(4)18(22)24-15(14)10-20(16,19)23/h8,12,15-16,23H,6-7,9-10H2,1-5H3/t12-,15-,16-,19+,20+/m0/s1. The van der Waals surface area contributed by atoms with E-state index in [0.29, 0.717) is 24.8 Å². The van der Waals surface area contributed by atoms with Crippen LogP contribution in [0.1, 0.15) is 60.3 Å². The third kappa shape index (κ3) is 2.73. The molecule has 1 heterocycles. The second-order valence-corrected chi connectivity index (χ2v) is 8.39. The fourth-order valence-corrected chi connectivity index (χ4v) is 4.76. The molecule has 0 bridgehead atoms. The van der Waals surface area contributed by atoms with Gasteiger partial charge in [0.1, 0.15) is 17.8 Å². The molecule has 25 heavy (non-hydrogen) atoms. The largest absolute Gasteiger partial charge is 0.456 e. The van der Waals surface area contributed by atoms with Crippen molar-refractivity contribution in [1.82, 2.24) is 0 Å². The lowest BCUT2D eigenvalue weighted by molar-refractivity contribution is -0.231. The molecule has 5 nitrogen and oxygen atoms in total. The summed E-state index contributed by atoms with van der Waals surface area (Å²) in [6, 6.07) is 0. The van der Waals surface area contributed by atoms with Gasteiger partial charge in [0.05, 0.1) is 0 Å². The molecule has 3 aliphatic rings. The van der Waals surface area contributed by atoms with Gasteiger partial charge in [0.15, 0.2) is 0 Å². The summed E-state index contributed by atoms with van der Waals surface area (Å²) in [4.78, 5) is 24.1. The number of hydrogen-bond donors (Lipinski definition) is 1. The molecule has 2 saturated carbocycles. The normalized spacial score (nSPS) is 40.1. The second kappa shape index (κ2) is 5.97. The van der Waals surface area contributed by atoms with Crippen molar-refractivity contribution in [3.63, 3.8) is 0 Å². The Morgan fingerprint density at radius 3 is 2.68 bits per heavy atom. The minimum absolute atomic E-state index is 0.257. The molecule has 1 aliphatic heterocycles. The van der Waals surface area contributed by atoms with Gasteiger partial charge in [-0.1, -0.05) is 19.4 Å². The fraction of sp³-hybridized carbons (Fsp3) is 0.700. The molecule has 0 radical (unpaired) electrons. The molecule has 0 aromatic carbocycles.